The Labute approximate surface area is 240 Å². The number of anilines is 2. The van der Waals surface area contributed by atoms with Crippen molar-refractivity contribution in [3.8, 4) is 11.8 Å². The first-order chi connectivity index (χ1) is 20.0. The molecule has 11 heteroatoms. The van der Waals surface area contributed by atoms with Crippen molar-refractivity contribution >= 4 is 39.3 Å². The Kier molecular flexibility index (Phi) is 8.93. The molecular formula is C30H38N8O3. The van der Waals surface area contributed by atoms with Crippen molar-refractivity contribution in [3.05, 3.63) is 48.8 Å². The Balaban J connectivity index is 0.000000166. The number of likely N-dealkylation sites (N-methyl/N-ethyl adjacent to an activating group) is 1. The van der Waals surface area contributed by atoms with Gasteiger partial charge < -0.3 is 29.9 Å². The van der Waals surface area contributed by atoms with Crippen LogP contribution in [-0.4, -0.2) is 86.4 Å². The highest BCUT2D eigenvalue weighted by molar-refractivity contribution is 5.89. The number of aromatic nitrogens is 4. The first-order valence-electron chi connectivity index (χ1n) is 14.0. The largest absolute Gasteiger partial charge is 0.481 e. The van der Waals surface area contributed by atoms with Crippen LogP contribution in [0.2, 0.25) is 0 Å². The van der Waals surface area contributed by atoms with Gasteiger partial charge in [0.05, 0.1) is 36.6 Å². The van der Waals surface area contributed by atoms with Gasteiger partial charge in [-0.15, -0.1) is 0 Å². The van der Waals surface area contributed by atoms with Crippen LogP contribution in [0.1, 0.15) is 19.3 Å². The maximum atomic E-state index is 11.5. The summed E-state index contributed by atoms with van der Waals surface area (Å²) in [4.78, 5) is 34.0. The molecule has 2 unspecified atom stereocenters. The average molecular weight is 559 g/mol. The van der Waals surface area contributed by atoms with E-state index in [0.29, 0.717) is 30.1 Å². The van der Waals surface area contributed by atoms with E-state index in [2.05, 4.69) is 40.4 Å². The van der Waals surface area contributed by atoms with Gasteiger partial charge in [-0.1, -0.05) is 0 Å². The highest BCUT2D eigenvalue weighted by Gasteiger charge is 2.26. The quantitative estimate of drug-likeness (QED) is 0.350. The molecule has 0 bridgehead atoms. The lowest BCUT2D eigenvalue weighted by Crippen LogP contribution is -2.29. The lowest BCUT2D eigenvalue weighted by atomic mass is 10.0. The highest BCUT2D eigenvalue weighted by atomic mass is 16.5. The normalized spacial score (nSPS) is 18.3. The molecule has 2 fully saturated rings. The molecule has 0 radical (unpaired) electrons. The van der Waals surface area contributed by atoms with E-state index >= 15 is 0 Å². The Morgan fingerprint density at radius 3 is 1.90 bits per heavy atom. The van der Waals surface area contributed by atoms with Crippen molar-refractivity contribution < 1.29 is 14.3 Å². The van der Waals surface area contributed by atoms with Gasteiger partial charge in [0.2, 0.25) is 17.7 Å². The van der Waals surface area contributed by atoms with Crippen molar-refractivity contribution in [2.45, 2.75) is 25.3 Å². The van der Waals surface area contributed by atoms with E-state index in [1.807, 2.05) is 49.6 Å². The SMILES string of the molecule is CNC(=O)CC1CCN(c2ccnc3ccc(OC)nc23)C1.CNC1CCN(c2ccnc3ccc(OC)nc23)C1. The number of methoxy groups -OCH3 is 2. The molecule has 2 aliphatic heterocycles. The maximum Gasteiger partial charge on any atom is 0.220 e. The zero-order chi connectivity index (χ0) is 28.8. The van der Waals surface area contributed by atoms with E-state index < -0.39 is 0 Å². The van der Waals surface area contributed by atoms with Crippen molar-refractivity contribution in [1.29, 1.82) is 0 Å². The van der Waals surface area contributed by atoms with Crippen LogP contribution in [0.4, 0.5) is 11.4 Å². The standard InChI is InChI=1S/C16H20N4O2.C14H18N4O/c1-17-14(21)9-11-6-8-20(10-11)13-5-7-18-12-3-4-15(22-2)19-16(12)13;1-15-10-6-8-18(9-10)12-5-7-16-11-3-4-13(19-2)17-14(11)12/h3-5,7,11H,6,8-10H2,1-2H3,(H,17,21);3-5,7,10,15H,6,8-9H2,1-2H3. The Bertz CT molecular complexity index is 1500. The van der Waals surface area contributed by atoms with Crippen LogP contribution in [0.15, 0.2) is 48.8 Å². The minimum atomic E-state index is 0.103. The van der Waals surface area contributed by atoms with Crippen LogP contribution in [0.3, 0.4) is 0 Å². The zero-order valence-electron chi connectivity index (χ0n) is 24.1. The van der Waals surface area contributed by atoms with Gasteiger partial charge in [0, 0.05) is 70.2 Å². The van der Waals surface area contributed by atoms with Crippen LogP contribution in [0, 0.1) is 5.92 Å². The second-order valence-corrected chi connectivity index (χ2v) is 10.3. The molecule has 0 aliphatic carbocycles. The fourth-order valence-electron chi connectivity index (χ4n) is 5.52. The molecule has 2 atom stereocenters. The molecule has 1 amide bonds. The number of carbonyl (C=O) groups excluding carboxylic acids is 1. The fourth-order valence-corrected chi connectivity index (χ4v) is 5.52. The van der Waals surface area contributed by atoms with E-state index in [1.54, 1.807) is 27.5 Å². The van der Waals surface area contributed by atoms with Crippen LogP contribution >= 0.6 is 0 Å². The van der Waals surface area contributed by atoms with E-state index in [-0.39, 0.29) is 5.91 Å². The third kappa shape index (κ3) is 6.40. The summed E-state index contributed by atoms with van der Waals surface area (Å²) in [5, 5.41) is 6.03. The summed E-state index contributed by atoms with van der Waals surface area (Å²) in [7, 11) is 6.94. The van der Waals surface area contributed by atoms with Gasteiger partial charge in [-0.2, -0.15) is 0 Å². The summed E-state index contributed by atoms with van der Waals surface area (Å²) >= 11 is 0. The molecule has 2 N–H and O–H groups in total. The third-order valence-corrected chi connectivity index (χ3v) is 7.81. The summed E-state index contributed by atoms with van der Waals surface area (Å²) in [5.41, 5.74) is 5.73. The van der Waals surface area contributed by atoms with E-state index in [9.17, 15) is 4.79 Å². The lowest BCUT2D eigenvalue weighted by molar-refractivity contribution is -0.121. The molecule has 0 aromatic carbocycles. The molecule has 6 heterocycles. The number of nitrogens with one attached hydrogen (secondary N) is 2. The molecule has 4 aromatic heterocycles. The van der Waals surface area contributed by atoms with E-state index in [1.165, 1.54) is 0 Å². The minimum absolute atomic E-state index is 0.103. The topological polar surface area (TPSA) is 118 Å². The van der Waals surface area contributed by atoms with Crippen molar-refractivity contribution in [2.75, 3.05) is 64.3 Å². The zero-order valence-corrected chi connectivity index (χ0v) is 24.1. The Morgan fingerprint density at radius 2 is 1.39 bits per heavy atom. The number of fused-ring (bicyclic) bond motifs is 2. The molecule has 0 spiro atoms. The molecular weight excluding hydrogens is 520 g/mol. The van der Waals surface area contributed by atoms with Crippen LogP contribution in [0.25, 0.3) is 22.1 Å². The number of rotatable bonds is 7. The number of pyridine rings is 4. The molecule has 41 heavy (non-hydrogen) atoms. The maximum absolute atomic E-state index is 11.5. The number of hydrogen-bond acceptors (Lipinski definition) is 10. The van der Waals surface area contributed by atoms with E-state index in [4.69, 9.17) is 9.47 Å². The number of carbonyl (C=O) groups is 1. The monoisotopic (exact) mass is 558 g/mol. The third-order valence-electron chi connectivity index (χ3n) is 7.81. The molecule has 216 valence electrons. The molecule has 2 saturated heterocycles. The second kappa shape index (κ2) is 12.9. The summed E-state index contributed by atoms with van der Waals surface area (Å²) < 4.78 is 10.4. The smallest absolute Gasteiger partial charge is 0.220 e. The molecule has 4 aromatic rings. The van der Waals surface area contributed by atoms with Gasteiger partial charge in [-0.3, -0.25) is 14.8 Å². The molecule has 0 saturated carbocycles. The van der Waals surface area contributed by atoms with Gasteiger partial charge in [-0.05, 0) is 50.1 Å². The Morgan fingerprint density at radius 1 is 0.829 bits per heavy atom. The number of nitrogens with zero attached hydrogens (tertiary/aromatic N) is 6. The average Bonchev–Trinajstić information content (AvgIpc) is 3.70. The highest BCUT2D eigenvalue weighted by Crippen LogP contribution is 2.31. The first kappa shape index (κ1) is 28.3. The van der Waals surface area contributed by atoms with Gasteiger partial charge in [0.25, 0.3) is 0 Å². The van der Waals surface area contributed by atoms with E-state index in [0.717, 1.165) is 72.5 Å². The van der Waals surface area contributed by atoms with Crippen molar-refractivity contribution in [2.24, 2.45) is 5.92 Å². The van der Waals surface area contributed by atoms with Crippen molar-refractivity contribution in [1.82, 2.24) is 30.6 Å². The fraction of sp³-hybridized carbons (Fsp3) is 0.433. The first-order valence-corrected chi connectivity index (χ1v) is 14.0. The van der Waals surface area contributed by atoms with Crippen molar-refractivity contribution in [3.63, 3.8) is 0 Å². The van der Waals surface area contributed by atoms with Crippen LogP contribution in [0.5, 0.6) is 11.8 Å². The summed E-state index contributed by atoms with van der Waals surface area (Å²) in [5.74, 6) is 1.70. The molecule has 6 rings (SSSR count). The minimum Gasteiger partial charge on any atom is -0.481 e. The van der Waals surface area contributed by atoms with Crippen LogP contribution in [-0.2, 0) is 4.79 Å². The van der Waals surface area contributed by atoms with Gasteiger partial charge in [-0.25, -0.2) is 9.97 Å². The molecule has 11 nitrogen and oxygen atoms in total. The van der Waals surface area contributed by atoms with Gasteiger partial charge in [0.1, 0.15) is 11.0 Å². The Hall–Kier alpha value is -4.25. The number of ether oxygens (including phenoxy) is 2. The number of amides is 1. The molecule has 2 aliphatic rings. The van der Waals surface area contributed by atoms with Gasteiger partial charge in [0.15, 0.2) is 0 Å². The summed E-state index contributed by atoms with van der Waals surface area (Å²) in [6, 6.07) is 12.1. The number of hydrogen-bond donors (Lipinski definition) is 2. The predicted molar refractivity (Wildman–Crippen MR) is 161 cm³/mol. The summed E-state index contributed by atoms with van der Waals surface area (Å²) in [6.07, 6.45) is 6.40. The summed E-state index contributed by atoms with van der Waals surface area (Å²) in [6.45, 7) is 3.85. The second-order valence-electron chi connectivity index (χ2n) is 10.3. The van der Waals surface area contributed by atoms with Gasteiger partial charge >= 0.3 is 0 Å². The predicted octanol–water partition coefficient (Wildman–Crippen LogP) is 3.04. The van der Waals surface area contributed by atoms with Crippen LogP contribution < -0.4 is 29.9 Å². The lowest BCUT2D eigenvalue weighted by Gasteiger charge is -2.20.